The Morgan fingerprint density at radius 3 is 2.81 bits per heavy atom. The first kappa shape index (κ1) is 15.4. The fourth-order valence-electron chi connectivity index (χ4n) is 1.80. The summed E-state index contributed by atoms with van der Waals surface area (Å²) in [6.45, 7) is 5.93. The van der Waals surface area contributed by atoms with Crippen LogP contribution in [0.25, 0.3) is 0 Å². The lowest BCUT2D eigenvalue weighted by Gasteiger charge is -2.13. The van der Waals surface area contributed by atoms with Gasteiger partial charge in [-0.05, 0) is 43.3 Å². The van der Waals surface area contributed by atoms with Gasteiger partial charge in [-0.1, -0.05) is 13.0 Å². The molecule has 0 radical (unpaired) electrons. The van der Waals surface area contributed by atoms with Crippen LogP contribution >= 0.6 is 12.2 Å². The van der Waals surface area contributed by atoms with E-state index in [1.807, 2.05) is 25.1 Å². The van der Waals surface area contributed by atoms with E-state index in [1.54, 1.807) is 11.0 Å². The fraction of sp³-hybridized carbons (Fsp3) is 0.429. The third-order valence-electron chi connectivity index (χ3n) is 2.78. The first-order valence-corrected chi connectivity index (χ1v) is 7.39. The average molecular weight is 308 g/mol. The smallest absolute Gasteiger partial charge is 0.214 e. The van der Waals surface area contributed by atoms with Crippen molar-refractivity contribution in [2.24, 2.45) is 0 Å². The molecule has 0 unspecified atom stereocenters. The molecule has 0 bridgehead atoms. The zero-order chi connectivity index (χ0) is 15.1. The molecular formula is C14H20N4O2S. The van der Waals surface area contributed by atoms with Crippen molar-refractivity contribution in [3.8, 4) is 11.5 Å². The Morgan fingerprint density at radius 2 is 2.14 bits per heavy atom. The second-order valence-electron chi connectivity index (χ2n) is 4.43. The summed E-state index contributed by atoms with van der Waals surface area (Å²) in [6, 6.07) is 5.92. The van der Waals surface area contributed by atoms with Gasteiger partial charge in [-0.15, -0.1) is 0 Å². The molecule has 0 aliphatic carbocycles. The molecule has 0 saturated heterocycles. The Labute approximate surface area is 129 Å². The van der Waals surface area contributed by atoms with Crippen molar-refractivity contribution in [1.82, 2.24) is 14.9 Å². The first-order valence-electron chi connectivity index (χ1n) is 6.99. The van der Waals surface area contributed by atoms with Crippen LogP contribution in [0.1, 0.15) is 25.8 Å². The molecular weight excluding hydrogens is 288 g/mol. The molecule has 21 heavy (non-hydrogen) atoms. The molecule has 114 valence electrons. The van der Waals surface area contributed by atoms with Gasteiger partial charge in [0.05, 0.1) is 19.8 Å². The van der Waals surface area contributed by atoms with Gasteiger partial charge in [0, 0.05) is 0 Å². The number of aromatic nitrogens is 3. The topological polar surface area (TPSA) is 64.1 Å². The Bertz CT molecular complexity index is 623. The maximum atomic E-state index is 5.68. The van der Waals surface area contributed by atoms with E-state index in [2.05, 4.69) is 22.5 Å². The van der Waals surface area contributed by atoms with Crippen LogP contribution in [0.4, 0.5) is 0 Å². The highest BCUT2D eigenvalue weighted by Crippen LogP contribution is 2.28. The van der Waals surface area contributed by atoms with Gasteiger partial charge in [0.1, 0.15) is 6.33 Å². The Kier molecular flexibility index (Phi) is 5.62. The van der Waals surface area contributed by atoms with Crippen molar-refractivity contribution in [3.05, 3.63) is 34.9 Å². The van der Waals surface area contributed by atoms with Gasteiger partial charge in [0.15, 0.2) is 11.5 Å². The maximum Gasteiger partial charge on any atom is 0.214 e. The van der Waals surface area contributed by atoms with Crippen LogP contribution in [0, 0.1) is 4.77 Å². The molecule has 2 rings (SSSR count). The molecule has 0 amide bonds. The summed E-state index contributed by atoms with van der Waals surface area (Å²) in [4.78, 5) is 0. The van der Waals surface area contributed by atoms with Crippen LogP contribution in [0.15, 0.2) is 24.5 Å². The third-order valence-corrected chi connectivity index (χ3v) is 3.06. The molecule has 0 aliphatic heterocycles. The lowest BCUT2D eigenvalue weighted by Crippen LogP contribution is -2.13. The molecule has 2 aromatic rings. The number of aromatic amines is 1. The fourth-order valence-corrected chi connectivity index (χ4v) is 1.96. The van der Waals surface area contributed by atoms with Gasteiger partial charge >= 0.3 is 0 Å². The van der Waals surface area contributed by atoms with Crippen molar-refractivity contribution in [2.75, 3.05) is 18.6 Å². The van der Waals surface area contributed by atoms with E-state index >= 15 is 0 Å². The molecule has 1 aromatic carbocycles. The number of nitrogens with zero attached hydrogens (tertiary/aromatic N) is 2. The molecule has 0 spiro atoms. The monoisotopic (exact) mass is 308 g/mol. The maximum absolute atomic E-state index is 5.68. The highest BCUT2D eigenvalue weighted by atomic mass is 32.1. The Balaban J connectivity index is 2.07. The second-order valence-corrected chi connectivity index (χ2v) is 4.82. The van der Waals surface area contributed by atoms with E-state index in [0.717, 1.165) is 23.5 Å². The van der Waals surface area contributed by atoms with Crippen molar-refractivity contribution < 1.29 is 9.47 Å². The Morgan fingerprint density at radius 1 is 1.29 bits per heavy atom. The van der Waals surface area contributed by atoms with E-state index in [-0.39, 0.29) is 0 Å². The number of nitrogens with one attached hydrogen (secondary N) is 2. The van der Waals surface area contributed by atoms with E-state index < -0.39 is 0 Å². The minimum absolute atomic E-state index is 0.530. The summed E-state index contributed by atoms with van der Waals surface area (Å²) in [5.74, 6) is 1.54. The summed E-state index contributed by atoms with van der Waals surface area (Å²) < 4.78 is 13.5. The highest BCUT2D eigenvalue weighted by Gasteiger charge is 2.06. The minimum Gasteiger partial charge on any atom is -0.490 e. The molecule has 0 aliphatic rings. The number of rotatable bonds is 8. The van der Waals surface area contributed by atoms with Crippen LogP contribution in [0.5, 0.6) is 11.5 Å². The largest absolute Gasteiger partial charge is 0.490 e. The van der Waals surface area contributed by atoms with E-state index in [4.69, 9.17) is 21.7 Å². The SMILES string of the molecule is CCCOc1ccc(CNn2cn[nH]c2=S)cc1OCC. The van der Waals surface area contributed by atoms with Gasteiger partial charge in [-0.3, -0.25) is 5.10 Å². The highest BCUT2D eigenvalue weighted by molar-refractivity contribution is 7.71. The van der Waals surface area contributed by atoms with Crippen LogP contribution in [-0.2, 0) is 6.54 Å². The molecule has 6 nitrogen and oxygen atoms in total. The third kappa shape index (κ3) is 4.22. The molecule has 1 heterocycles. The van der Waals surface area contributed by atoms with E-state index in [1.165, 1.54) is 0 Å². The quantitative estimate of drug-likeness (QED) is 0.734. The van der Waals surface area contributed by atoms with Crippen molar-refractivity contribution >= 4 is 12.2 Å². The summed E-state index contributed by atoms with van der Waals surface area (Å²) in [5, 5.41) is 6.54. The molecule has 0 fully saturated rings. The average Bonchev–Trinajstić information content (AvgIpc) is 2.90. The number of benzene rings is 1. The van der Waals surface area contributed by atoms with E-state index in [0.29, 0.717) is 24.5 Å². The zero-order valence-electron chi connectivity index (χ0n) is 12.3. The van der Waals surface area contributed by atoms with Crippen LogP contribution in [0.2, 0.25) is 0 Å². The predicted molar refractivity (Wildman–Crippen MR) is 83.9 cm³/mol. The summed E-state index contributed by atoms with van der Waals surface area (Å²) >= 11 is 5.07. The van der Waals surface area contributed by atoms with Crippen molar-refractivity contribution in [1.29, 1.82) is 0 Å². The number of ether oxygens (including phenoxy) is 2. The summed E-state index contributed by atoms with van der Waals surface area (Å²) in [7, 11) is 0. The molecule has 0 atom stereocenters. The second kappa shape index (κ2) is 7.68. The molecule has 0 saturated carbocycles. The van der Waals surface area contributed by atoms with Crippen molar-refractivity contribution in [2.45, 2.75) is 26.8 Å². The molecule has 2 N–H and O–H groups in total. The van der Waals surface area contributed by atoms with Gasteiger partial charge < -0.3 is 14.9 Å². The summed E-state index contributed by atoms with van der Waals surface area (Å²) in [5.41, 5.74) is 4.24. The van der Waals surface area contributed by atoms with Gasteiger partial charge in [-0.2, -0.15) is 5.10 Å². The lowest BCUT2D eigenvalue weighted by molar-refractivity contribution is 0.276. The number of hydrogen-bond acceptors (Lipinski definition) is 5. The van der Waals surface area contributed by atoms with E-state index in [9.17, 15) is 0 Å². The van der Waals surface area contributed by atoms with Gasteiger partial charge in [-0.25, -0.2) is 4.68 Å². The predicted octanol–water partition coefficient (Wildman–Crippen LogP) is 2.87. The minimum atomic E-state index is 0.530. The van der Waals surface area contributed by atoms with Crippen LogP contribution in [0.3, 0.4) is 0 Å². The normalized spacial score (nSPS) is 10.4. The first-order chi connectivity index (χ1) is 10.2. The van der Waals surface area contributed by atoms with Crippen LogP contribution < -0.4 is 14.9 Å². The molecule has 1 aromatic heterocycles. The number of hydrogen-bond donors (Lipinski definition) is 2. The van der Waals surface area contributed by atoms with Crippen molar-refractivity contribution in [3.63, 3.8) is 0 Å². The van der Waals surface area contributed by atoms with Gasteiger partial charge in [0.2, 0.25) is 4.77 Å². The van der Waals surface area contributed by atoms with Gasteiger partial charge in [0.25, 0.3) is 0 Å². The molecule has 7 heteroatoms. The summed E-state index contributed by atoms with van der Waals surface area (Å²) in [6.07, 6.45) is 2.57. The standard InChI is InChI=1S/C14H20N4O2S/c1-3-7-20-12-6-5-11(8-13(12)19-4-2)9-16-18-10-15-17-14(18)21/h5-6,8,10,16H,3-4,7,9H2,1-2H3,(H,17,21). The zero-order valence-corrected chi connectivity index (χ0v) is 13.1. The number of H-pyrrole nitrogens is 1. The lowest BCUT2D eigenvalue weighted by atomic mass is 10.2. The van der Waals surface area contributed by atoms with Crippen LogP contribution in [-0.4, -0.2) is 28.1 Å². The Hall–Kier alpha value is -2.02.